The molecule has 0 amide bonds. The second-order valence-corrected chi connectivity index (χ2v) is 5.79. The van der Waals surface area contributed by atoms with Crippen molar-refractivity contribution >= 4 is 10.9 Å². The maximum Gasteiger partial charge on any atom is 0.0708 e. The van der Waals surface area contributed by atoms with Gasteiger partial charge in [0.15, 0.2) is 0 Å². The largest absolute Gasteiger partial charge is 0.324 e. The van der Waals surface area contributed by atoms with E-state index in [1.165, 1.54) is 43.1 Å². The van der Waals surface area contributed by atoms with E-state index < -0.39 is 0 Å². The smallest absolute Gasteiger partial charge is 0.0708 e. The van der Waals surface area contributed by atoms with Crippen LogP contribution in [-0.2, 0) is 0 Å². The van der Waals surface area contributed by atoms with Crippen molar-refractivity contribution < 1.29 is 0 Å². The van der Waals surface area contributed by atoms with Crippen LogP contribution < -0.4 is 5.73 Å². The minimum absolute atomic E-state index is 0.159. The van der Waals surface area contributed by atoms with E-state index in [0.717, 1.165) is 11.2 Å². The van der Waals surface area contributed by atoms with E-state index in [9.17, 15) is 0 Å². The lowest BCUT2D eigenvalue weighted by Gasteiger charge is -2.28. The standard InChI is InChI=1S/C17H22N2/c1-12-11-15(14-9-5-6-10-16(14)19-12)17(18)13-7-3-2-4-8-13/h5-6,9-11,13,17H,2-4,7-8,18H2,1H3. The number of pyridine rings is 1. The predicted octanol–water partition coefficient (Wildman–Crippen LogP) is 4.12. The average Bonchev–Trinajstić information content (AvgIpc) is 2.46. The fourth-order valence-electron chi connectivity index (χ4n) is 3.36. The lowest BCUT2D eigenvalue weighted by molar-refractivity contribution is 0.309. The maximum absolute atomic E-state index is 6.58. The van der Waals surface area contributed by atoms with Gasteiger partial charge in [0.2, 0.25) is 0 Å². The van der Waals surface area contributed by atoms with Crippen molar-refractivity contribution in [2.24, 2.45) is 11.7 Å². The highest BCUT2D eigenvalue weighted by Crippen LogP contribution is 2.35. The highest BCUT2D eigenvalue weighted by atomic mass is 14.7. The van der Waals surface area contributed by atoms with Gasteiger partial charge in [0.05, 0.1) is 5.52 Å². The van der Waals surface area contributed by atoms with Crippen LogP contribution in [0.4, 0.5) is 0 Å². The monoisotopic (exact) mass is 254 g/mol. The molecule has 3 rings (SSSR count). The van der Waals surface area contributed by atoms with Crippen LogP contribution in [0.3, 0.4) is 0 Å². The van der Waals surface area contributed by atoms with Gasteiger partial charge in [0.1, 0.15) is 0 Å². The van der Waals surface area contributed by atoms with Crippen LogP contribution in [0.1, 0.15) is 49.4 Å². The molecule has 1 aliphatic carbocycles. The van der Waals surface area contributed by atoms with E-state index >= 15 is 0 Å². The number of nitrogens with two attached hydrogens (primary N) is 1. The fourth-order valence-corrected chi connectivity index (χ4v) is 3.36. The van der Waals surface area contributed by atoms with Crippen molar-refractivity contribution in [2.45, 2.75) is 45.1 Å². The van der Waals surface area contributed by atoms with Crippen LogP contribution in [0.5, 0.6) is 0 Å². The first kappa shape index (κ1) is 12.6. The molecular weight excluding hydrogens is 232 g/mol. The molecule has 1 aromatic heterocycles. The SMILES string of the molecule is Cc1cc(C(N)C2CCCCC2)c2ccccc2n1. The summed E-state index contributed by atoms with van der Waals surface area (Å²) in [5.41, 5.74) is 10.0. The fraction of sp³-hybridized carbons (Fsp3) is 0.471. The highest BCUT2D eigenvalue weighted by Gasteiger charge is 2.23. The van der Waals surface area contributed by atoms with Crippen molar-refractivity contribution in [1.82, 2.24) is 4.98 Å². The third-order valence-corrected chi connectivity index (χ3v) is 4.39. The quantitative estimate of drug-likeness (QED) is 0.875. The van der Waals surface area contributed by atoms with Gasteiger partial charge in [-0.15, -0.1) is 0 Å². The normalized spacial score (nSPS) is 18.6. The van der Waals surface area contributed by atoms with Gasteiger partial charge in [-0.05, 0) is 43.4 Å². The molecule has 19 heavy (non-hydrogen) atoms. The molecule has 1 heterocycles. The third-order valence-electron chi connectivity index (χ3n) is 4.39. The zero-order valence-electron chi connectivity index (χ0n) is 11.6. The first-order valence-corrected chi connectivity index (χ1v) is 7.37. The molecule has 1 aromatic carbocycles. The molecular formula is C17H22N2. The molecule has 2 nitrogen and oxygen atoms in total. The zero-order valence-corrected chi connectivity index (χ0v) is 11.6. The van der Waals surface area contributed by atoms with E-state index in [-0.39, 0.29) is 6.04 Å². The molecule has 0 bridgehead atoms. The molecule has 1 unspecified atom stereocenters. The minimum atomic E-state index is 0.159. The van der Waals surface area contributed by atoms with Crippen LogP contribution >= 0.6 is 0 Å². The number of para-hydroxylation sites is 1. The minimum Gasteiger partial charge on any atom is -0.324 e. The van der Waals surface area contributed by atoms with E-state index in [1.54, 1.807) is 0 Å². The summed E-state index contributed by atoms with van der Waals surface area (Å²) in [6, 6.07) is 10.7. The second kappa shape index (κ2) is 5.30. The van der Waals surface area contributed by atoms with Gasteiger partial charge in [0.25, 0.3) is 0 Å². The Morgan fingerprint density at radius 2 is 1.89 bits per heavy atom. The number of benzene rings is 1. The summed E-state index contributed by atoms with van der Waals surface area (Å²) in [6.45, 7) is 2.06. The number of hydrogen-bond donors (Lipinski definition) is 1. The Morgan fingerprint density at radius 3 is 2.68 bits per heavy atom. The van der Waals surface area contributed by atoms with Gasteiger partial charge < -0.3 is 5.73 Å². The van der Waals surface area contributed by atoms with Crippen LogP contribution in [0.25, 0.3) is 10.9 Å². The molecule has 100 valence electrons. The number of fused-ring (bicyclic) bond motifs is 1. The number of hydrogen-bond acceptors (Lipinski definition) is 2. The van der Waals surface area contributed by atoms with Crippen molar-refractivity contribution in [3.63, 3.8) is 0 Å². The van der Waals surface area contributed by atoms with Gasteiger partial charge in [-0.3, -0.25) is 4.98 Å². The van der Waals surface area contributed by atoms with Crippen LogP contribution in [-0.4, -0.2) is 4.98 Å². The Morgan fingerprint density at radius 1 is 1.16 bits per heavy atom. The summed E-state index contributed by atoms with van der Waals surface area (Å²) >= 11 is 0. The lowest BCUT2D eigenvalue weighted by atomic mass is 9.81. The molecule has 1 atom stereocenters. The summed E-state index contributed by atoms with van der Waals surface area (Å²) in [7, 11) is 0. The van der Waals surface area contributed by atoms with Crippen LogP contribution in [0.2, 0.25) is 0 Å². The van der Waals surface area contributed by atoms with Gasteiger partial charge in [0, 0.05) is 17.1 Å². The van der Waals surface area contributed by atoms with Gasteiger partial charge in [-0.1, -0.05) is 37.5 Å². The van der Waals surface area contributed by atoms with E-state index in [1.807, 2.05) is 6.07 Å². The van der Waals surface area contributed by atoms with Crippen molar-refractivity contribution in [3.8, 4) is 0 Å². The molecule has 0 radical (unpaired) electrons. The van der Waals surface area contributed by atoms with Crippen LogP contribution in [0, 0.1) is 12.8 Å². The van der Waals surface area contributed by atoms with Gasteiger partial charge in [-0.2, -0.15) is 0 Å². The van der Waals surface area contributed by atoms with Gasteiger partial charge in [-0.25, -0.2) is 0 Å². The topological polar surface area (TPSA) is 38.9 Å². The Balaban J connectivity index is 2.03. The molecule has 2 aromatic rings. The molecule has 2 heteroatoms. The van der Waals surface area contributed by atoms with Crippen LogP contribution in [0.15, 0.2) is 30.3 Å². The Hall–Kier alpha value is -1.41. The molecule has 1 saturated carbocycles. The van der Waals surface area contributed by atoms with Crippen molar-refractivity contribution in [1.29, 1.82) is 0 Å². The second-order valence-electron chi connectivity index (χ2n) is 5.79. The van der Waals surface area contributed by atoms with Crippen molar-refractivity contribution in [2.75, 3.05) is 0 Å². The average molecular weight is 254 g/mol. The molecule has 0 spiro atoms. The molecule has 1 fully saturated rings. The Labute approximate surface area is 115 Å². The summed E-state index contributed by atoms with van der Waals surface area (Å²) in [6.07, 6.45) is 6.59. The summed E-state index contributed by atoms with van der Waals surface area (Å²) < 4.78 is 0. The Bertz CT molecular complexity index is 570. The zero-order chi connectivity index (χ0) is 13.2. The lowest BCUT2D eigenvalue weighted by Crippen LogP contribution is -2.24. The molecule has 0 saturated heterocycles. The number of aryl methyl sites for hydroxylation is 1. The number of aromatic nitrogens is 1. The predicted molar refractivity (Wildman–Crippen MR) is 80.0 cm³/mol. The summed E-state index contributed by atoms with van der Waals surface area (Å²) in [4.78, 5) is 4.61. The van der Waals surface area contributed by atoms with E-state index in [4.69, 9.17) is 5.73 Å². The number of nitrogens with zero attached hydrogens (tertiary/aromatic N) is 1. The van der Waals surface area contributed by atoms with E-state index in [0.29, 0.717) is 5.92 Å². The number of rotatable bonds is 2. The molecule has 2 N–H and O–H groups in total. The summed E-state index contributed by atoms with van der Waals surface area (Å²) in [5, 5.41) is 1.23. The van der Waals surface area contributed by atoms with E-state index in [2.05, 4.69) is 36.2 Å². The Kier molecular flexibility index (Phi) is 3.52. The highest BCUT2D eigenvalue weighted by molar-refractivity contribution is 5.82. The summed E-state index contributed by atoms with van der Waals surface area (Å²) in [5.74, 6) is 0.638. The molecule has 1 aliphatic rings. The maximum atomic E-state index is 6.58. The first-order valence-electron chi connectivity index (χ1n) is 7.37. The first-order chi connectivity index (χ1) is 9.25. The molecule has 0 aliphatic heterocycles. The van der Waals surface area contributed by atoms with Gasteiger partial charge >= 0.3 is 0 Å². The van der Waals surface area contributed by atoms with Crippen molar-refractivity contribution in [3.05, 3.63) is 41.6 Å². The third kappa shape index (κ3) is 2.50.